The summed E-state index contributed by atoms with van der Waals surface area (Å²) in [5, 5.41) is 13.2. The van der Waals surface area contributed by atoms with Gasteiger partial charge in [0.1, 0.15) is 6.10 Å². The highest BCUT2D eigenvalue weighted by atomic mass is 16.7. The Morgan fingerprint density at radius 1 is 0.846 bits per heavy atom. The van der Waals surface area contributed by atoms with E-state index in [-0.39, 0.29) is 5.56 Å². The number of hydrogen-bond donors (Lipinski definition) is 2. The number of esters is 3. The lowest BCUT2D eigenvalue weighted by atomic mass is 9.96. The van der Waals surface area contributed by atoms with Gasteiger partial charge in [0.05, 0.1) is 23.4 Å². The fourth-order valence-electron chi connectivity index (χ4n) is 4.48. The van der Waals surface area contributed by atoms with Gasteiger partial charge in [-0.3, -0.25) is 19.2 Å². The molecule has 2 N–H and O–H groups in total. The number of aliphatic hydroxyl groups excluding tert-OH is 1. The number of aliphatic hydroxyl groups is 1. The van der Waals surface area contributed by atoms with Crippen LogP contribution in [0, 0.1) is 0 Å². The Bertz CT molecular complexity index is 1380. The molecule has 1 aromatic heterocycles. The van der Waals surface area contributed by atoms with Crippen molar-refractivity contribution >= 4 is 34.7 Å². The smallest absolute Gasteiger partial charge is 0.303 e. The Labute approximate surface area is 224 Å². The molecule has 0 aliphatic carbocycles. The summed E-state index contributed by atoms with van der Waals surface area (Å²) in [6.07, 6.45) is -6.66. The lowest BCUT2D eigenvalue weighted by Crippen LogP contribution is -2.66. The molecule has 0 spiro atoms. The van der Waals surface area contributed by atoms with Crippen LogP contribution in [0.1, 0.15) is 31.1 Å². The number of amides is 1. The monoisotopic (exact) mass is 536 g/mol. The maximum absolute atomic E-state index is 13.7. The zero-order chi connectivity index (χ0) is 28.1. The number of benzene rings is 2. The Kier molecular flexibility index (Phi) is 8.52. The van der Waals surface area contributed by atoms with E-state index in [1.165, 1.54) is 0 Å². The number of ether oxygens (including phenoxy) is 4. The highest BCUT2D eigenvalue weighted by Gasteiger charge is 2.52. The molecule has 2 aromatic carbocycles. The van der Waals surface area contributed by atoms with Gasteiger partial charge in [-0.25, -0.2) is 4.98 Å². The van der Waals surface area contributed by atoms with Gasteiger partial charge in [0.15, 0.2) is 24.5 Å². The van der Waals surface area contributed by atoms with Crippen molar-refractivity contribution in [2.45, 2.75) is 51.4 Å². The minimum atomic E-state index is -1.40. The first-order valence-corrected chi connectivity index (χ1v) is 12.2. The van der Waals surface area contributed by atoms with Gasteiger partial charge in [-0.15, -0.1) is 0 Å². The number of rotatable bonds is 7. The van der Waals surface area contributed by atoms with Crippen LogP contribution in [-0.4, -0.2) is 71.2 Å². The summed E-state index contributed by atoms with van der Waals surface area (Å²) in [7, 11) is 0. The summed E-state index contributed by atoms with van der Waals surface area (Å²) in [6.45, 7) is 2.74. The summed E-state index contributed by atoms with van der Waals surface area (Å²) in [4.78, 5) is 54.1. The number of nitrogens with one attached hydrogen (secondary N) is 1. The number of carbonyl (C=O) groups excluding carboxylic acids is 4. The number of aromatic nitrogens is 1. The molecule has 204 valence electrons. The summed E-state index contributed by atoms with van der Waals surface area (Å²) >= 11 is 0. The van der Waals surface area contributed by atoms with E-state index >= 15 is 0 Å². The number of hydrogen-bond acceptors (Lipinski definition) is 10. The van der Waals surface area contributed by atoms with Crippen LogP contribution in [0.15, 0.2) is 60.7 Å². The predicted molar refractivity (Wildman–Crippen MR) is 137 cm³/mol. The van der Waals surface area contributed by atoms with E-state index in [1.54, 1.807) is 30.3 Å². The highest BCUT2D eigenvalue weighted by Crippen LogP contribution is 2.29. The SMILES string of the molecule is CC(=O)O[C@@H]1[C@@H](OC(C)=O)[C@H](NC(=O)c2cc(-c3ccccc3)nc3ccccc23)O[C@H](CO)[C@H]1OC(C)=O. The molecule has 1 saturated heterocycles. The number of pyridine rings is 1. The number of carbonyl (C=O) groups is 4. The molecule has 5 atom stereocenters. The van der Waals surface area contributed by atoms with E-state index < -0.39 is 61.1 Å². The summed E-state index contributed by atoms with van der Waals surface area (Å²) in [6, 6.07) is 18.0. The Balaban J connectivity index is 1.74. The zero-order valence-electron chi connectivity index (χ0n) is 21.5. The van der Waals surface area contributed by atoms with E-state index in [4.69, 9.17) is 18.9 Å². The molecule has 0 bridgehead atoms. The van der Waals surface area contributed by atoms with Gasteiger partial charge in [-0.05, 0) is 12.1 Å². The molecule has 11 nitrogen and oxygen atoms in total. The van der Waals surface area contributed by atoms with Crippen LogP contribution in [0.3, 0.4) is 0 Å². The Morgan fingerprint density at radius 2 is 1.44 bits per heavy atom. The standard InChI is InChI=1S/C28H28N2O9/c1-15(32)36-24-23(14-31)39-28(26(38-17(3)34)25(24)37-16(2)33)30-27(35)20-13-22(18-9-5-4-6-10-18)29-21-12-8-7-11-19(20)21/h4-13,23-26,28,31H,14H2,1-3H3,(H,30,35)/t23-,24-,25+,26-,28-/m1/s1. The topological polar surface area (TPSA) is 150 Å². The molecule has 0 saturated carbocycles. The average molecular weight is 537 g/mol. The van der Waals surface area contributed by atoms with Crippen molar-refractivity contribution in [2.75, 3.05) is 6.61 Å². The third kappa shape index (κ3) is 6.39. The van der Waals surface area contributed by atoms with Crippen molar-refractivity contribution < 1.29 is 43.2 Å². The summed E-state index contributed by atoms with van der Waals surface area (Å²) < 4.78 is 21.9. The fourth-order valence-corrected chi connectivity index (χ4v) is 4.48. The van der Waals surface area contributed by atoms with Gasteiger partial charge in [0.2, 0.25) is 0 Å². The zero-order valence-corrected chi connectivity index (χ0v) is 21.5. The average Bonchev–Trinajstić information content (AvgIpc) is 2.90. The fraction of sp³-hybridized carbons (Fsp3) is 0.321. The van der Waals surface area contributed by atoms with Crippen LogP contribution in [0.2, 0.25) is 0 Å². The van der Waals surface area contributed by atoms with Crippen molar-refractivity contribution in [1.29, 1.82) is 0 Å². The molecule has 0 radical (unpaired) electrons. The van der Waals surface area contributed by atoms with Crippen molar-refractivity contribution in [1.82, 2.24) is 10.3 Å². The van der Waals surface area contributed by atoms with E-state index in [9.17, 15) is 24.3 Å². The maximum atomic E-state index is 13.7. The van der Waals surface area contributed by atoms with Gasteiger partial charge < -0.3 is 29.4 Å². The lowest BCUT2D eigenvalue weighted by Gasteiger charge is -2.44. The van der Waals surface area contributed by atoms with Crippen LogP contribution in [0.4, 0.5) is 0 Å². The second kappa shape index (κ2) is 12.0. The van der Waals surface area contributed by atoms with Crippen molar-refractivity contribution in [3.8, 4) is 11.3 Å². The third-order valence-corrected chi connectivity index (χ3v) is 6.02. The van der Waals surface area contributed by atoms with Gasteiger partial charge in [0, 0.05) is 31.7 Å². The molecule has 1 aliphatic heterocycles. The molecule has 1 aliphatic rings. The van der Waals surface area contributed by atoms with E-state index in [0.29, 0.717) is 16.6 Å². The van der Waals surface area contributed by atoms with E-state index in [1.807, 2.05) is 30.3 Å². The lowest BCUT2D eigenvalue weighted by molar-refractivity contribution is -0.254. The summed E-state index contributed by atoms with van der Waals surface area (Å²) in [5.41, 5.74) is 2.19. The van der Waals surface area contributed by atoms with Crippen molar-refractivity contribution in [3.63, 3.8) is 0 Å². The molecule has 39 heavy (non-hydrogen) atoms. The first-order chi connectivity index (χ1) is 18.7. The molecule has 0 unspecified atom stereocenters. The van der Waals surface area contributed by atoms with E-state index in [0.717, 1.165) is 26.3 Å². The normalized spacial score (nSPS) is 22.5. The molecular formula is C28H28N2O9. The van der Waals surface area contributed by atoms with Crippen LogP contribution in [-0.2, 0) is 33.3 Å². The van der Waals surface area contributed by atoms with Gasteiger partial charge in [-0.2, -0.15) is 0 Å². The van der Waals surface area contributed by atoms with Gasteiger partial charge in [0.25, 0.3) is 5.91 Å². The van der Waals surface area contributed by atoms with Crippen LogP contribution < -0.4 is 5.32 Å². The molecule has 4 rings (SSSR count). The second-order valence-corrected chi connectivity index (χ2v) is 8.91. The maximum Gasteiger partial charge on any atom is 0.303 e. The Hall–Kier alpha value is -4.35. The number of nitrogens with zero attached hydrogens (tertiary/aromatic N) is 1. The molecule has 11 heteroatoms. The first kappa shape index (κ1) is 27.7. The molecule has 2 heterocycles. The van der Waals surface area contributed by atoms with E-state index in [2.05, 4.69) is 10.3 Å². The van der Waals surface area contributed by atoms with Crippen LogP contribution >= 0.6 is 0 Å². The molecule has 1 amide bonds. The van der Waals surface area contributed by atoms with Crippen molar-refractivity contribution in [2.24, 2.45) is 0 Å². The largest absolute Gasteiger partial charge is 0.456 e. The second-order valence-electron chi connectivity index (χ2n) is 8.91. The Morgan fingerprint density at radius 3 is 2.08 bits per heavy atom. The molecular weight excluding hydrogens is 508 g/mol. The third-order valence-electron chi connectivity index (χ3n) is 6.02. The summed E-state index contributed by atoms with van der Waals surface area (Å²) in [5.74, 6) is -2.85. The predicted octanol–water partition coefficient (Wildman–Crippen LogP) is 2.14. The first-order valence-electron chi connectivity index (χ1n) is 12.2. The quantitative estimate of drug-likeness (QED) is 0.340. The van der Waals surface area contributed by atoms with Crippen LogP contribution in [0.25, 0.3) is 22.2 Å². The minimum absolute atomic E-state index is 0.260. The van der Waals surface area contributed by atoms with Gasteiger partial charge >= 0.3 is 17.9 Å². The highest BCUT2D eigenvalue weighted by molar-refractivity contribution is 6.07. The van der Waals surface area contributed by atoms with Crippen molar-refractivity contribution in [3.05, 3.63) is 66.2 Å². The molecule has 1 fully saturated rings. The molecule has 3 aromatic rings. The van der Waals surface area contributed by atoms with Crippen LogP contribution in [0.5, 0.6) is 0 Å². The van der Waals surface area contributed by atoms with Gasteiger partial charge in [-0.1, -0.05) is 48.5 Å². The number of para-hydroxylation sites is 1. The number of fused-ring (bicyclic) bond motifs is 1. The minimum Gasteiger partial charge on any atom is -0.456 e.